The van der Waals surface area contributed by atoms with Gasteiger partial charge in [0.15, 0.2) is 11.5 Å². The van der Waals surface area contributed by atoms with Gasteiger partial charge in [0.25, 0.3) is 0 Å². The number of aryl methyl sites for hydroxylation is 2. The molecule has 0 aliphatic heterocycles. The first-order valence-electron chi connectivity index (χ1n) is 10.7. The Hall–Kier alpha value is -4.30. The number of aliphatic imine (C=N–C) groups is 1. The van der Waals surface area contributed by atoms with Crippen molar-refractivity contribution in [3.8, 4) is 40.0 Å². The van der Waals surface area contributed by atoms with E-state index < -0.39 is 0 Å². The Kier molecular flexibility index (Phi) is 6.28. The lowest BCUT2D eigenvalue weighted by Gasteiger charge is -2.05. The Morgan fingerprint density at radius 3 is 2.21 bits per heavy atom. The van der Waals surface area contributed by atoms with E-state index in [0.29, 0.717) is 34.8 Å². The lowest BCUT2D eigenvalue weighted by Crippen LogP contribution is -1.93. The van der Waals surface area contributed by atoms with Gasteiger partial charge >= 0.3 is 0 Å². The molecule has 0 fully saturated rings. The average molecular weight is 437 g/mol. The number of phenolic OH excluding ortho intramolecular Hbond substituents is 1. The Bertz CT molecular complexity index is 1340. The van der Waals surface area contributed by atoms with E-state index in [9.17, 15) is 10.4 Å². The van der Waals surface area contributed by atoms with Crippen molar-refractivity contribution in [3.63, 3.8) is 0 Å². The first-order valence-corrected chi connectivity index (χ1v) is 10.7. The second kappa shape index (κ2) is 9.46. The summed E-state index contributed by atoms with van der Waals surface area (Å²) in [5.74, 6) is 1.27. The molecule has 0 saturated carbocycles. The molecule has 4 rings (SSSR count). The Labute approximate surface area is 193 Å². The maximum Gasteiger partial charge on any atom is 0.238 e. The number of phenols is 1. The van der Waals surface area contributed by atoms with Crippen LogP contribution >= 0.6 is 0 Å². The summed E-state index contributed by atoms with van der Waals surface area (Å²) >= 11 is 0. The minimum atomic E-state index is 0.0630. The predicted molar refractivity (Wildman–Crippen MR) is 130 cm³/mol. The molecule has 5 heteroatoms. The molecule has 0 amide bonds. The summed E-state index contributed by atoms with van der Waals surface area (Å²) in [5, 5.41) is 20.0. The van der Waals surface area contributed by atoms with Crippen LogP contribution in [0.15, 0.2) is 76.1 Å². The fourth-order valence-electron chi connectivity index (χ4n) is 3.53. The number of hydrogen-bond donors (Lipinski definition) is 1. The molecule has 0 atom stereocenters. The third kappa shape index (κ3) is 4.65. The third-order valence-electron chi connectivity index (χ3n) is 5.27. The van der Waals surface area contributed by atoms with E-state index in [-0.39, 0.29) is 11.6 Å². The first-order chi connectivity index (χ1) is 16.0. The van der Waals surface area contributed by atoms with E-state index in [1.165, 1.54) is 0 Å². The molecule has 33 heavy (non-hydrogen) atoms. The van der Waals surface area contributed by atoms with E-state index in [1.54, 1.807) is 24.4 Å². The summed E-state index contributed by atoms with van der Waals surface area (Å²) in [6, 6.07) is 23.2. The number of furan rings is 1. The second-order valence-corrected chi connectivity index (χ2v) is 7.75. The molecule has 1 heterocycles. The van der Waals surface area contributed by atoms with Crippen LogP contribution in [0.3, 0.4) is 0 Å². The summed E-state index contributed by atoms with van der Waals surface area (Å²) < 4.78 is 11.6. The topological polar surface area (TPSA) is 78.8 Å². The van der Waals surface area contributed by atoms with E-state index in [2.05, 4.69) is 11.1 Å². The number of hydrogen-bond acceptors (Lipinski definition) is 5. The maximum atomic E-state index is 10.0. The van der Waals surface area contributed by atoms with Crippen molar-refractivity contribution >= 4 is 12.1 Å². The van der Waals surface area contributed by atoms with Gasteiger partial charge in [0.2, 0.25) is 5.88 Å². The first kappa shape index (κ1) is 21.9. The highest BCUT2D eigenvalue weighted by molar-refractivity contribution is 5.90. The molecule has 0 aliphatic carbocycles. The molecule has 0 bridgehead atoms. The van der Waals surface area contributed by atoms with Crippen LogP contribution in [0.25, 0.3) is 22.5 Å². The molecule has 0 saturated heterocycles. The Morgan fingerprint density at radius 2 is 1.61 bits per heavy atom. The minimum absolute atomic E-state index is 0.0630. The molecule has 0 spiro atoms. The zero-order valence-corrected chi connectivity index (χ0v) is 18.8. The van der Waals surface area contributed by atoms with Crippen molar-refractivity contribution in [1.29, 1.82) is 5.26 Å². The molecule has 1 N–H and O–H groups in total. The maximum absolute atomic E-state index is 10.0. The van der Waals surface area contributed by atoms with Crippen molar-refractivity contribution in [1.82, 2.24) is 0 Å². The highest BCUT2D eigenvalue weighted by atomic mass is 16.5. The minimum Gasteiger partial charge on any atom is -0.504 e. The number of nitriles is 1. The van der Waals surface area contributed by atoms with Crippen LogP contribution < -0.4 is 4.74 Å². The van der Waals surface area contributed by atoms with Gasteiger partial charge in [0.1, 0.15) is 17.4 Å². The number of ether oxygens (including phenoxy) is 1. The molecule has 1 aromatic heterocycles. The van der Waals surface area contributed by atoms with Crippen LogP contribution in [0.1, 0.15) is 29.2 Å². The highest BCUT2D eigenvalue weighted by Crippen LogP contribution is 2.42. The summed E-state index contributed by atoms with van der Waals surface area (Å²) in [4.78, 5) is 4.49. The van der Waals surface area contributed by atoms with E-state index >= 15 is 0 Å². The van der Waals surface area contributed by atoms with E-state index in [4.69, 9.17) is 9.15 Å². The lowest BCUT2D eigenvalue weighted by atomic mass is 9.97. The number of benzene rings is 3. The predicted octanol–water partition coefficient (Wildman–Crippen LogP) is 6.96. The van der Waals surface area contributed by atoms with Gasteiger partial charge < -0.3 is 14.3 Å². The molecule has 164 valence electrons. The van der Waals surface area contributed by atoms with Crippen molar-refractivity contribution < 1.29 is 14.3 Å². The van der Waals surface area contributed by atoms with Crippen LogP contribution in [0.2, 0.25) is 0 Å². The molecule has 5 nitrogen and oxygen atoms in total. The van der Waals surface area contributed by atoms with E-state index in [0.717, 1.165) is 22.3 Å². The molecule has 0 unspecified atom stereocenters. The van der Waals surface area contributed by atoms with Crippen LogP contribution in [0.5, 0.6) is 11.5 Å². The quantitative estimate of drug-likeness (QED) is 0.331. The molecule has 4 aromatic rings. The van der Waals surface area contributed by atoms with Crippen molar-refractivity contribution in [2.45, 2.75) is 20.8 Å². The van der Waals surface area contributed by atoms with Crippen molar-refractivity contribution in [3.05, 3.63) is 89.0 Å². The van der Waals surface area contributed by atoms with Gasteiger partial charge in [0, 0.05) is 17.3 Å². The van der Waals surface area contributed by atoms with Gasteiger partial charge in [-0.15, -0.1) is 0 Å². The molecular formula is C28H24N2O3. The van der Waals surface area contributed by atoms with Gasteiger partial charge in [-0.3, -0.25) is 0 Å². The average Bonchev–Trinajstić information content (AvgIpc) is 3.19. The lowest BCUT2D eigenvalue weighted by molar-refractivity contribution is 0.318. The number of nitrogens with zero attached hydrogens (tertiary/aromatic N) is 2. The fraction of sp³-hybridized carbons (Fsp3) is 0.143. The monoisotopic (exact) mass is 436 g/mol. The van der Waals surface area contributed by atoms with Crippen LogP contribution in [0.4, 0.5) is 5.88 Å². The van der Waals surface area contributed by atoms with Crippen LogP contribution in [0, 0.1) is 25.2 Å². The highest BCUT2D eigenvalue weighted by Gasteiger charge is 2.22. The summed E-state index contributed by atoms with van der Waals surface area (Å²) in [6.07, 6.45) is 1.60. The van der Waals surface area contributed by atoms with Gasteiger partial charge in [-0.05, 0) is 50.1 Å². The molecular weight excluding hydrogens is 412 g/mol. The zero-order chi connectivity index (χ0) is 23.4. The van der Waals surface area contributed by atoms with Crippen LogP contribution in [-0.2, 0) is 0 Å². The molecule has 0 radical (unpaired) electrons. The summed E-state index contributed by atoms with van der Waals surface area (Å²) in [5.41, 5.74) is 5.83. The second-order valence-electron chi connectivity index (χ2n) is 7.75. The third-order valence-corrected chi connectivity index (χ3v) is 5.27. The van der Waals surface area contributed by atoms with Gasteiger partial charge in [-0.25, -0.2) is 4.99 Å². The summed E-state index contributed by atoms with van der Waals surface area (Å²) in [7, 11) is 0. The normalized spacial score (nSPS) is 11.0. The standard InChI is InChI=1S/C28H24N2O3/c1-4-32-25-15-20(9-14-24(25)31)17-30-28-23(16-29)26(21-10-5-18(2)6-11-21)27(33-28)22-12-7-19(3)8-13-22/h5-15,17,31H,4H2,1-3H3. The molecule has 3 aromatic carbocycles. The van der Waals surface area contributed by atoms with Gasteiger partial charge in [-0.2, -0.15) is 5.26 Å². The van der Waals surface area contributed by atoms with Crippen molar-refractivity contribution in [2.75, 3.05) is 6.61 Å². The zero-order valence-electron chi connectivity index (χ0n) is 18.8. The van der Waals surface area contributed by atoms with Crippen molar-refractivity contribution in [2.24, 2.45) is 4.99 Å². The largest absolute Gasteiger partial charge is 0.504 e. The van der Waals surface area contributed by atoms with Gasteiger partial charge in [0.05, 0.1) is 6.61 Å². The van der Waals surface area contributed by atoms with E-state index in [1.807, 2.05) is 69.3 Å². The SMILES string of the molecule is CCOc1cc(C=Nc2oc(-c3ccc(C)cc3)c(-c3ccc(C)cc3)c2C#N)ccc1O. The Balaban J connectivity index is 1.84. The summed E-state index contributed by atoms with van der Waals surface area (Å²) in [6.45, 7) is 6.33. The number of rotatable bonds is 6. The number of aromatic hydroxyl groups is 1. The van der Waals surface area contributed by atoms with Crippen LogP contribution in [-0.4, -0.2) is 17.9 Å². The van der Waals surface area contributed by atoms with Gasteiger partial charge in [-0.1, -0.05) is 59.7 Å². The molecule has 0 aliphatic rings. The Morgan fingerprint density at radius 1 is 0.970 bits per heavy atom. The fourth-order valence-corrected chi connectivity index (χ4v) is 3.53. The smallest absolute Gasteiger partial charge is 0.238 e.